The summed E-state index contributed by atoms with van der Waals surface area (Å²) in [6.45, 7) is 7.74. The lowest BCUT2D eigenvalue weighted by Gasteiger charge is -2.09. The van der Waals surface area contributed by atoms with Crippen LogP contribution in [0.2, 0.25) is 0 Å². The van der Waals surface area contributed by atoms with Crippen molar-refractivity contribution in [2.24, 2.45) is 0 Å². The van der Waals surface area contributed by atoms with E-state index in [1.165, 1.54) is 0 Å². The van der Waals surface area contributed by atoms with Gasteiger partial charge >= 0.3 is 0 Å². The Balaban J connectivity index is 2.69. The standard InChI is InChI=1S/C15H23NO2/c1-5-18-15-11-13(8-9-14(15)17-4)7-6-10-16-12(2)3/h6-9,11-12,16H,5,10H2,1-4H3. The van der Waals surface area contributed by atoms with Crippen LogP contribution in [0.15, 0.2) is 24.3 Å². The van der Waals surface area contributed by atoms with Crippen molar-refractivity contribution in [3.63, 3.8) is 0 Å². The molecule has 1 aromatic carbocycles. The first-order chi connectivity index (χ1) is 8.67. The molecular weight excluding hydrogens is 226 g/mol. The van der Waals surface area contributed by atoms with Crippen LogP contribution in [0.3, 0.4) is 0 Å². The molecule has 0 fully saturated rings. The zero-order valence-corrected chi connectivity index (χ0v) is 11.7. The predicted octanol–water partition coefficient (Wildman–Crippen LogP) is 3.11. The summed E-state index contributed by atoms with van der Waals surface area (Å²) in [5.74, 6) is 1.56. The molecule has 0 heterocycles. The molecule has 0 bridgehead atoms. The van der Waals surface area contributed by atoms with Gasteiger partial charge in [0.05, 0.1) is 13.7 Å². The number of hydrogen-bond donors (Lipinski definition) is 1. The highest BCUT2D eigenvalue weighted by molar-refractivity contribution is 5.56. The van der Waals surface area contributed by atoms with E-state index in [0.717, 1.165) is 23.6 Å². The van der Waals surface area contributed by atoms with Gasteiger partial charge in [0.25, 0.3) is 0 Å². The lowest BCUT2D eigenvalue weighted by atomic mass is 10.2. The van der Waals surface area contributed by atoms with Gasteiger partial charge in [0.2, 0.25) is 0 Å². The van der Waals surface area contributed by atoms with Crippen LogP contribution in [0.1, 0.15) is 26.3 Å². The van der Waals surface area contributed by atoms with Crippen LogP contribution >= 0.6 is 0 Å². The van der Waals surface area contributed by atoms with Gasteiger partial charge in [0, 0.05) is 12.6 Å². The molecule has 0 spiro atoms. The highest BCUT2D eigenvalue weighted by atomic mass is 16.5. The number of hydrogen-bond acceptors (Lipinski definition) is 3. The SMILES string of the molecule is CCOc1cc(C=CCNC(C)C)ccc1OC. The Morgan fingerprint density at radius 3 is 2.67 bits per heavy atom. The zero-order chi connectivity index (χ0) is 13.4. The van der Waals surface area contributed by atoms with E-state index in [9.17, 15) is 0 Å². The summed E-state index contributed by atoms with van der Waals surface area (Å²) in [7, 11) is 1.65. The van der Waals surface area contributed by atoms with E-state index in [4.69, 9.17) is 9.47 Å². The molecule has 3 heteroatoms. The molecule has 3 nitrogen and oxygen atoms in total. The van der Waals surface area contributed by atoms with Crippen molar-refractivity contribution in [1.29, 1.82) is 0 Å². The van der Waals surface area contributed by atoms with Crippen molar-refractivity contribution in [2.75, 3.05) is 20.3 Å². The van der Waals surface area contributed by atoms with Gasteiger partial charge in [-0.3, -0.25) is 0 Å². The second kappa shape index (κ2) is 7.77. The number of methoxy groups -OCH3 is 1. The maximum absolute atomic E-state index is 5.54. The first-order valence-corrected chi connectivity index (χ1v) is 6.38. The summed E-state index contributed by atoms with van der Waals surface area (Å²) >= 11 is 0. The number of rotatable bonds is 7. The molecule has 0 amide bonds. The molecule has 0 saturated heterocycles. The van der Waals surface area contributed by atoms with Crippen LogP contribution in [0.25, 0.3) is 6.08 Å². The average molecular weight is 249 g/mol. The van der Waals surface area contributed by atoms with E-state index in [-0.39, 0.29) is 0 Å². The molecule has 0 aliphatic rings. The van der Waals surface area contributed by atoms with E-state index in [1.807, 2.05) is 25.1 Å². The molecular formula is C15H23NO2. The highest BCUT2D eigenvalue weighted by Gasteiger charge is 2.03. The summed E-state index contributed by atoms with van der Waals surface area (Å²) in [5, 5.41) is 3.34. The molecule has 0 aliphatic heterocycles. The van der Waals surface area contributed by atoms with E-state index in [2.05, 4.69) is 31.3 Å². The lowest BCUT2D eigenvalue weighted by Crippen LogP contribution is -2.22. The second-order valence-electron chi connectivity index (χ2n) is 4.31. The van der Waals surface area contributed by atoms with Gasteiger partial charge in [-0.05, 0) is 24.6 Å². The first-order valence-electron chi connectivity index (χ1n) is 6.38. The number of nitrogens with one attached hydrogen (secondary N) is 1. The monoisotopic (exact) mass is 249 g/mol. The van der Waals surface area contributed by atoms with Crippen LogP contribution in [0.4, 0.5) is 0 Å². The van der Waals surface area contributed by atoms with Gasteiger partial charge in [-0.1, -0.05) is 32.1 Å². The molecule has 0 radical (unpaired) electrons. The van der Waals surface area contributed by atoms with E-state index >= 15 is 0 Å². The van der Waals surface area contributed by atoms with Gasteiger partial charge in [-0.25, -0.2) is 0 Å². The number of benzene rings is 1. The summed E-state index contributed by atoms with van der Waals surface area (Å²) in [6, 6.07) is 6.45. The fraction of sp³-hybridized carbons (Fsp3) is 0.467. The third-order valence-electron chi connectivity index (χ3n) is 2.44. The van der Waals surface area contributed by atoms with Crippen molar-refractivity contribution in [3.05, 3.63) is 29.8 Å². The predicted molar refractivity (Wildman–Crippen MR) is 76.3 cm³/mol. The molecule has 0 aromatic heterocycles. The molecule has 0 atom stereocenters. The minimum Gasteiger partial charge on any atom is -0.493 e. The van der Waals surface area contributed by atoms with Crippen LogP contribution in [-0.4, -0.2) is 26.3 Å². The van der Waals surface area contributed by atoms with Crippen molar-refractivity contribution >= 4 is 6.08 Å². The summed E-state index contributed by atoms with van der Waals surface area (Å²) in [4.78, 5) is 0. The quantitative estimate of drug-likeness (QED) is 0.805. The molecule has 1 rings (SSSR count). The van der Waals surface area contributed by atoms with Crippen LogP contribution in [-0.2, 0) is 0 Å². The molecule has 1 aromatic rings. The van der Waals surface area contributed by atoms with Gasteiger partial charge in [-0.2, -0.15) is 0 Å². The first kappa shape index (κ1) is 14.6. The topological polar surface area (TPSA) is 30.5 Å². The zero-order valence-electron chi connectivity index (χ0n) is 11.7. The third kappa shape index (κ3) is 4.80. The van der Waals surface area contributed by atoms with Crippen LogP contribution in [0, 0.1) is 0 Å². The Hall–Kier alpha value is -1.48. The van der Waals surface area contributed by atoms with Crippen molar-refractivity contribution < 1.29 is 9.47 Å². The highest BCUT2D eigenvalue weighted by Crippen LogP contribution is 2.28. The Morgan fingerprint density at radius 1 is 1.28 bits per heavy atom. The molecule has 0 unspecified atom stereocenters. The number of ether oxygens (including phenoxy) is 2. The summed E-state index contributed by atoms with van der Waals surface area (Å²) in [6.07, 6.45) is 4.19. The van der Waals surface area contributed by atoms with Crippen molar-refractivity contribution in [1.82, 2.24) is 5.32 Å². The smallest absolute Gasteiger partial charge is 0.161 e. The van der Waals surface area contributed by atoms with Crippen molar-refractivity contribution in [2.45, 2.75) is 26.8 Å². The molecule has 1 N–H and O–H groups in total. The van der Waals surface area contributed by atoms with E-state index in [0.29, 0.717) is 12.6 Å². The van der Waals surface area contributed by atoms with E-state index in [1.54, 1.807) is 7.11 Å². The largest absolute Gasteiger partial charge is 0.493 e. The summed E-state index contributed by atoms with van der Waals surface area (Å²) < 4.78 is 10.8. The Bertz CT molecular complexity index is 386. The molecule has 18 heavy (non-hydrogen) atoms. The van der Waals surface area contributed by atoms with Gasteiger partial charge < -0.3 is 14.8 Å². The van der Waals surface area contributed by atoms with Crippen LogP contribution in [0.5, 0.6) is 11.5 Å². The molecule has 0 saturated carbocycles. The van der Waals surface area contributed by atoms with Gasteiger partial charge in [0.1, 0.15) is 0 Å². The van der Waals surface area contributed by atoms with Crippen LogP contribution < -0.4 is 14.8 Å². The van der Waals surface area contributed by atoms with Gasteiger partial charge in [-0.15, -0.1) is 0 Å². The minimum atomic E-state index is 0.504. The maximum atomic E-state index is 5.54. The lowest BCUT2D eigenvalue weighted by molar-refractivity contribution is 0.311. The Kier molecular flexibility index (Phi) is 6.29. The Morgan fingerprint density at radius 2 is 2.06 bits per heavy atom. The third-order valence-corrected chi connectivity index (χ3v) is 2.44. The normalized spacial score (nSPS) is 11.2. The fourth-order valence-corrected chi connectivity index (χ4v) is 1.56. The molecule has 0 aliphatic carbocycles. The van der Waals surface area contributed by atoms with E-state index < -0.39 is 0 Å². The minimum absolute atomic E-state index is 0.504. The maximum Gasteiger partial charge on any atom is 0.161 e. The van der Waals surface area contributed by atoms with Crippen molar-refractivity contribution in [3.8, 4) is 11.5 Å². The second-order valence-corrected chi connectivity index (χ2v) is 4.31. The summed E-state index contributed by atoms with van der Waals surface area (Å²) in [5.41, 5.74) is 1.12. The fourth-order valence-electron chi connectivity index (χ4n) is 1.56. The Labute approximate surface area is 110 Å². The van der Waals surface area contributed by atoms with Gasteiger partial charge in [0.15, 0.2) is 11.5 Å². The molecule has 100 valence electrons. The average Bonchev–Trinajstić information content (AvgIpc) is 2.35.